The fraction of sp³-hybridized carbons (Fsp3) is 0.500. The number of nitrogens with zero attached hydrogens (tertiary/aromatic N) is 3. The summed E-state index contributed by atoms with van der Waals surface area (Å²) in [5.41, 5.74) is 1.31. The Bertz CT molecular complexity index is 483. The van der Waals surface area contributed by atoms with Crippen LogP contribution in [0.3, 0.4) is 0 Å². The lowest BCUT2D eigenvalue weighted by atomic mass is 10.2. The van der Waals surface area contributed by atoms with E-state index < -0.39 is 0 Å². The second kappa shape index (κ2) is 9.33. The van der Waals surface area contributed by atoms with E-state index in [0.29, 0.717) is 13.1 Å². The molecule has 0 atom stereocenters. The van der Waals surface area contributed by atoms with Crippen LogP contribution < -0.4 is 10.2 Å². The van der Waals surface area contributed by atoms with Crippen molar-refractivity contribution in [1.29, 1.82) is 0 Å². The van der Waals surface area contributed by atoms with E-state index in [9.17, 15) is 4.79 Å². The summed E-state index contributed by atoms with van der Waals surface area (Å²) in [5, 5.41) is 2.81. The number of hydrogen-bond acceptors (Lipinski definition) is 4. The largest absolute Gasteiger partial charge is 0.369 e. The number of hydrogen-bond donors (Lipinski definition) is 1. The number of carbonyl (C=O) groups excluding carboxylic acids is 1. The molecule has 1 heterocycles. The standard InChI is InChI=1S/C18H28N4O/c1-3-9-19-18(23)16-20(2)10-11-21-12-14-22(15-13-21)17-7-5-4-6-8-17/h3-8H,1,9-16H2,2H3,(H,19,23). The number of anilines is 1. The molecule has 1 fully saturated rings. The monoisotopic (exact) mass is 316 g/mol. The molecule has 1 aliphatic heterocycles. The lowest BCUT2D eigenvalue weighted by molar-refractivity contribution is -0.121. The van der Waals surface area contributed by atoms with Crippen molar-refractivity contribution in [3.8, 4) is 0 Å². The summed E-state index contributed by atoms with van der Waals surface area (Å²) < 4.78 is 0. The van der Waals surface area contributed by atoms with Crippen molar-refractivity contribution in [2.75, 3.05) is 64.3 Å². The Morgan fingerprint density at radius 1 is 1.26 bits per heavy atom. The van der Waals surface area contributed by atoms with Gasteiger partial charge in [0.15, 0.2) is 0 Å². The predicted molar refractivity (Wildman–Crippen MR) is 95.8 cm³/mol. The molecule has 2 rings (SSSR count). The molecular formula is C18H28N4O. The highest BCUT2D eigenvalue weighted by molar-refractivity contribution is 5.78. The van der Waals surface area contributed by atoms with Crippen LogP contribution in [0.25, 0.3) is 0 Å². The van der Waals surface area contributed by atoms with Crippen molar-refractivity contribution in [2.24, 2.45) is 0 Å². The molecule has 1 N–H and O–H groups in total. The highest BCUT2D eigenvalue weighted by atomic mass is 16.2. The summed E-state index contributed by atoms with van der Waals surface area (Å²) in [6, 6.07) is 10.6. The van der Waals surface area contributed by atoms with Crippen LogP contribution in [0, 0.1) is 0 Å². The van der Waals surface area contributed by atoms with Gasteiger partial charge in [0, 0.05) is 51.5 Å². The second-order valence-electron chi connectivity index (χ2n) is 5.99. The van der Waals surface area contributed by atoms with Gasteiger partial charge in [0.25, 0.3) is 0 Å². The van der Waals surface area contributed by atoms with E-state index in [0.717, 1.165) is 39.3 Å². The molecule has 0 saturated carbocycles. The van der Waals surface area contributed by atoms with Gasteiger partial charge in [-0.1, -0.05) is 24.3 Å². The minimum absolute atomic E-state index is 0.0568. The fourth-order valence-electron chi connectivity index (χ4n) is 2.75. The molecule has 23 heavy (non-hydrogen) atoms. The summed E-state index contributed by atoms with van der Waals surface area (Å²) >= 11 is 0. The normalized spacial score (nSPS) is 15.7. The topological polar surface area (TPSA) is 38.8 Å². The summed E-state index contributed by atoms with van der Waals surface area (Å²) in [6.07, 6.45) is 1.70. The first-order valence-electron chi connectivity index (χ1n) is 8.27. The Morgan fingerprint density at radius 3 is 2.61 bits per heavy atom. The van der Waals surface area contributed by atoms with E-state index in [1.807, 2.05) is 7.05 Å². The summed E-state index contributed by atoms with van der Waals surface area (Å²) in [6.45, 7) is 10.8. The van der Waals surface area contributed by atoms with E-state index in [1.54, 1.807) is 6.08 Å². The van der Waals surface area contributed by atoms with Crippen molar-refractivity contribution in [1.82, 2.24) is 15.1 Å². The number of rotatable bonds is 8. The van der Waals surface area contributed by atoms with Crippen LogP contribution in [0.15, 0.2) is 43.0 Å². The quantitative estimate of drug-likeness (QED) is 0.728. The van der Waals surface area contributed by atoms with Gasteiger partial charge >= 0.3 is 0 Å². The molecular weight excluding hydrogens is 288 g/mol. The van der Waals surface area contributed by atoms with Crippen LogP contribution in [0.1, 0.15) is 0 Å². The van der Waals surface area contributed by atoms with Crippen molar-refractivity contribution in [3.63, 3.8) is 0 Å². The Labute approximate surface area is 139 Å². The van der Waals surface area contributed by atoms with Gasteiger partial charge in [-0.3, -0.25) is 14.6 Å². The van der Waals surface area contributed by atoms with Crippen LogP contribution in [0.2, 0.25) is 0 Å². The number of piperazine rings is 1. The van der Waals surface area contributed by atoms with Gasteiger partial charge in [0.2, 0.25) is 5.91 Å². The molecule has 1 amide bonds. The molecule has 0 aromatic heterocycles. The van der Waals surface area contributed by atoms with Crippen LogP contribution in [-0.2, 0) is 4.79 Å². The zero-order valence-electron chi connectivity index (χ0n) is 14.1. The molecule has 5 nitrogen and oxygen atoms in total. The van der Waals surface area contributed by atoms with Crippen LogP contribution >= 0.6 is 0 Å². The number of likely N-dealkylation sites (N-methyl/N-ethyl adjacent to an activating group) is 1. The first-order valence-corrected chi connectivity index (χ1v) is 8.27. The summed E-state index contributed by atoms with van der Waals surface area (Å²) in [7, 11) is 1.99. The molecule has 1 saturated heterocycles. The van der Waals surface area contributed by atoms with Crippen molar-refractivity contribution in [3.05, 3.63) is 43.0 Å². The molecule has 1 aromatic rings. The molecule has 126 valence electrons. The molecule has 0 aliphatic carbocycles. The number of carbonyl (C=O) groups is 1. The van der Waals surface area contributed by atoms with Crippen molar-refractivity contribution in [2.45, 2.75) is 0 Å². The zero-order valence-corrected chi connectivity index (χ0v) is 14.1. The maximum Gasteiger partial charge on any atom is 0.234 e. The molecule has 0 radical (unpaired) electrons. The van der Waals surface area contributed by atoms with Crippen LogP contribution in [-0.4, -0.2) is 75.1 Å². The van der Waals surface area contributed by atoms with Crippen LogP contribution in [0.4, 0.5) is 5.69 Å². The maximum absolute atomic E-state index is 11.6. The van der Waals surface area contributed by atoms with Crippen molar-refractivity contribution < 1.29 is 4.79 Å². The average molecular weight is 316 g/mol. The lowest BCUT2D eigenvalue weighted by Gasteiger charge is -2.36. The first-order chi connectivity index (χ1) is 11.2. The van der Waals surface area contributed by atoms with E-state index in [1.165, 1.54) is 5.69 Å². The molecule has 0 spiro atoms. The third kappa shape index (κ3) is 6.04. The third-order valence-corrected chi connectivity index (χ3v) is 4.15. The summed E-state index contributed by atoms with van der Waals surface area (Å²) in [4.78, 5) is 18.6. The molecule has 1 aromatic carbocycles. The highest BCUT2D eigenvalue weighted by Gasteiger charge is 2.17. The predicted octanol–water partition coefficient (Wildman–Crippen LogP) is 1.04. The van der Waals surface area contributed by atoms with Gasteiger partial charge in [-0.2, -0.15) is 0 Å². The molecule has 0 unspecified atom stereocenters. The van der Waals surface area contributed by atoms with Gasteiger partial charge in [-0.25, -0.2) is 0 Å². The Kier molecular flexibility index (Phi) is 7.10. The minimum Gasteiger partial charge on any atom is -0.369 e. The zero-order chi connectivity index (χ0) is 16.5. The molecule has 5 heteroatoms. The Morgan fingerprint density at radius 2 is 1.96 bits per heavy atom. The lowest BCUT2D eigenvalue weighted by Crippen LogP contribution is -2.48. The Balaban J connectivity index is 1.64. The van der Waals surface area contributed by atoms with Gasteiger partial charge in [-0.05, 0) is 19.2 Å². The number of para-hydroxylation sites is 1. The number of amides is 1. The SMILES string of the molecule is C=CCNC(=O)CN(C)CCN1CCN(c2ccccc2)CC1. The molecule has 0 bridgehead atoms. The second-order valence-corrected chi connectivity index (χ2v) is 5.99. The number of benzene rings is 1. The van der Waals surface area contributed by atoms with Gasteiger partial charge in [0.1, 0.15) is 0 Å². The highest BCUT2D eigenvalue weighted by Crippen LogP contribution is 2.15. The van der Waals surface area contributed by atoms with Gasteiger partial charge in [0.05, 0.1) is 6.54 Å². The van der Waals surface area contributed by atoms with E-state index >= 15 is 0 Å². The van der Waals surface area contributed by atoms with Gasteiger partial charge < -0.3 is 10.2 Å². The first kappa shape index (κ1) is 17.5. The third-order valence-electron chi connectivity index (χ3n) is 4.15. The van der Waals surface area contributed by atoms with E-state index in [4.69, 9.17) is 0 Å². The average Bonchev–Trinajstić information content (AvgIpc) is 2.59. The van der Waals surface area contributed by atoms with Crippen molar-refractivity contribution >= 4 is 11.6 Å². The smallest absolute Gasteiger partial charge is 0.234 e. The fourth-order valence-corrected chi connectivity index (χ4v) is 2.75. The van der Waals surface area contributed by atoms with Gasteiger partial charge in [-0.15, -0.1) is 6.58 Å². The molecule has 1 aliphatic rings. The number of nitrogens with one attached hydrogen (secondary N) is 1. The van der Waals surface area contributed by atoms with E-state index in [-0.39, 0.29) is 5.91 Å². The van der Waals surface area contributed by atoms with Crippen LogP contribution in [0.5, 0.6) is 0 Å². The van der Waals surface area contributed by atoms with E-state index in [2.05, 4.69) is 56.9 Å². The minimum atomic E-state index is 0.0568. The summed E-state index contributed by atoms with van der Waals surface area (Å²) in [5.74, 6) is 0.0568. The Hall–Kier alpha value is -1.85. The maximum atomic E-state index is 11.6.